The van der Waals surface area contributed by atoms with Crippen LogP contribution < -0.4 is 4.90 Å². The van der Waals surface area contributed by atoms with E-state index in [0.717, 1.165) is 5.70 Å². The Morgan fingerprint density at radius 1 is 1.14 bits per heavy atom. The molecule has 0 aromatic heterocycles. The molecule has 9 heteroatoms. The molecule has 192 valence electrons. The van der Waals surface area contributed by atoms with Crippen molar-refractivity contribution < 1.29 is 23.9 Å². The Labute approximate surface area is 216 Å². The van der Waals surface area contributed by atoms with Crippen LogP contribution in [0.3, 0.4) is 0 Å². The van der Waals surface area contributed by atoms with Crippen molar-refractivity contribution in [1.29, 1.82) is 0 Å². The Kier molecular flexibility index (Phi) is 7.05. The summed E-state index contributed by atoms with van der Waals surface area (Å²) in [6.45, 7) is 6.64. The van der Waals surface area contributed by atoms with E-state index in [0.29, 0.717) is 18.5 Å². The molecule has 0 spiro atoms. The lowest BCUT2D eigenvalue weighted by Crippen LogP contribution is -2.75. The lowest BCUT2D eigenvalue weighted by molar-refractivity contribution is -0.175. The fourth-order valence-electron chi connectivity index (χ4n) is 4.82. The van der Waals surface area contributed by atoms with Crippen molar-refractivity contribution in [1.82, 2.24) is 9.80 Å². The number of para-hydroxylation sites is 1. The molecule has 0 radical (unpaired) electrons. The van der Waals surface area contributed by atoms with Crippen LogP contribution in [0.15, 0.2) is 54.3 Å². The SMILES string of the molecule is CC(=O)N(C1=CCC=CC1)C1C(=O)N2CC(C(=O)OC(C)(C)C)(C(=O)N(C)c3ccccc3)CS[C@H]12. The minimum atomic E-state index is -1.56. The predicted molar refractivity (Wildman–Crippen MR) is 139 cm³/mol. The highest BCUT2D eigenvalue weighted by Crippen LogP contribution is 2.46. The average Bonchev–Trinajstić information content (AvgIpc) is 2.85. The van der Waals surface area contributed by atoms with Crippen LogP contribution in [0.1, 0.15) is 40.5 Å². The third-order valence-corrected chi connectivity index (χ3v) is 8.12. The topological polar surface area (TPSA) is 87.2 Å². The molecular weight excluding hydrogens is 478 g/mol. The Hall–Kier alpha value is -3.07. The molecule has 1 aromatic rings. The van der Waals surface area contributed by atoms with Crippen molar-refractivity contribution in [3.8, 4) is 0 Å². The van der Waals surface area contributed by atoms with Gasteiger partial charge in [-0.05, 0) is 39.3 Å². The van der Waals surface area contributed by atoms with Crippen molar-refractivity contribution in [2.24, 2.45) is 5.41 Å². The second-order valence-corrected chi connectivity index (χ2v) is 11.5. The number of hydrogen-bond donors (Lipinski definition) is 0. The monoisotopic (exact) mass is 511 g/mol. The number of amides is 3. The predicted octanol–water partition coefficient (Wildman–Crippen LogP) is 3.34. The first kappa shape index (κ1) is 26.0. The summed E-state index contributed by atoms with van der Waals surface area (Å²) >= 11 is 1.35. The second-order valence-electron chi connectivity index (χ2n) is 10.4. The summed E-state index contributed by atoms with van der Waals surface area (Å²) in [5, 5.41) is -0.335. The molecule has 3 amide bonds. The van der Waals surface area contributed by atoms with Crippen LogP contribution in [-0.2, 0) is 23.9 Å². The summed E-state index contributed by atoms with van der Waals surface area (Å²) in [7, 11) is 1.63. The maximum atomic E-state index is 13.9. The Morgan fingerprint density at radius 3 is 2.42 bits per heavy atom. The van der Waals surface area contributed by atoms with Crippen LogP contribution in [0, 0.1) is 5.41 Å². The van der Waals surface area contributed by atoms with E-state index in [4.69, 9.17) is 4.74 Å². The van der Waals surface area contributed by atoms with E-state index in [1.807, 2.05) is 36.4 Å². The summed E-state index contributed by atoms with van der Waals surface area (Å²) in [5.74, 6) is -1.38. The van der Waals surface area contributed by atoms with Crippen LogP contribution in [0.25, 0.3) is 0 Å². The fraction of sp³-hybridized carbons (Fsp3) is 0.481. The Morgan fingerprint density at radius 2 is 1.83 bits per heavy atom. The third kappa shape index (κ3) is 4.68. The van der Waals surface area contributed by atoms with Crippen molar-refractivity contribution in [3.63, 3.8) is 0 Å². The lowest BCUT2D eigenvalue weighted by atomic mass is 9.84. The summed E-state index contributed by atoms with van der Waals surface area (Å²) in [4.78, 5) is 58.1. The fourth-order valence-corrected chi connectivity index (χ4v) is 6.39. The Bertz CT molecular complexity index is 1130. The van der Waals surface area contributed by atoms with Gasteiger partial charge in [-0.25, -0.2) is 0 Å². The standard InChI is InChI=1S/C27H33N3O5S/c1-18(31)30(20-14-10-7-11-15-20)21-22(32)29-16-27(17-36-23(21)29,25(34)35-26(2,3)4)24(33)28(5)19-12-8-6-9-13-19/h6-10,12-13,15,21,23H,11,14,16-17H2,1-5H3/t21?,23-,27?/m1/s1. The van der Waals surface area contributed by atoms with Crippen LogP contribution >= 0.6 is 11.8 Å². The summed E-state index contributed by atoms with van der Waals surface area (Å²) in [6.07, 6.45) is 7.28. The number of allylic oxidation sites excluding steroid dienone is 3. The molecule has 2 aliphatic heterocycles. The van der Waals surface area contributed by atoms with Gasteiger partial charge in [0.1, 0.15) is 17.0 Å². The minimum Gasteiger partial charge on any atom is -0.459 e. The number of carbonyl (C=O) groups excluding carboxylic acids is 4. The molecule has 0 N–H and O–H groups in total. The quantitative estimate of drug-likeness (QED) is 0.261. The molecule has 0 bridgehead atoms. The van der Waals surface area contributed by atoms with Gasteiger partial charge < -0.3 is 19.4 Å². The number of fused-ring (bicyclic) bond motifs is 1. The number of thioether (sulfide) groups is 1. The molecule has 3 aliphatic rings. The molecule has 2 fully saturated rings. The molecule has 2 saturated heterocycles. The van der Waals surface area contributed by atoms with Crippen molar-refractivity contribution in [3.05, 3.63) is 54.3 Å². The maximum Gasteiger partial charge on any atom is 0.324 e. The van der Waals surface area contributed by atoms with E-state index < -0.39 is 28.9 Å². The van der Waals surface area contributed by atoms with E-state index in [1.165, 1.54) is 23.6 Å². The van der Waals surface area contributed by atoms with E-state index >= 15 is 0 Å². The van der Waals surface area contributed by atoms with Crippen LogP contribution in [0.2, 0.25) is 0 Å². The van der Waals surface area contributed by atoms with Gasteiger partial charge in [0.15, 0.2) is 5.41 Å². The maximum absolute atomic E-state index is 13.9. The lowest BCUT2D eigenvalue weighted by Gasteiger charge is -2.56. The highest BCUT2D eigenvalue weighted by atomic mass is 32.2. The molecule has 0 saturated carbocycles. The summed E-state index contributed by atoms with van der Waals surface area (Å²) < 4.78 is 5.72. The van der Waals surface area contributed by atoms with Gasteiger partial charge in [-0.2, -0.15) is 0 Å². The van der Waals surface area contributed by atoms with Gasteiger partial charge in [0.05, 0.1) is 0 Å². The number of benzene rings is 1. The molecular formula is C27H33N3O5S. The smallest absolute Gasteiger partial charge is 0.324 e. The highest BCUT2D eigenvalue weighted by Gasteiger charge is 2.63. The molecule has 2 unspecified atom stereocenters. The van der Waals surface area contributed by atoms with E-state index in [1.54, 1.807) is 49.8 Å². The number of β-lactam (4-membered cyclic amide) rings is 1. The number of esters is 1. The van der Waals surface area contributed by atoms with Gasteiger partial charge in [0, 0.05) is 44.1 Å². The van der Waals surface area contributed by atoms with Gasteiger partial charge in [0.2, 0.25) is 17.7 Å². The van der Waals surface area contributed by atoms with E-state index in [2.05, 4.69) is 0 Å². The van der Waals surface area contributed by atoms with Gasteiger partial charge >= 0.3 is 5.97 Å². The first-order valence-electron chi connectivity index (χ1n) is 12.1. The molecule has 1 aromatic carbocycles. The number of rotatable bonds is 5. The number of ether oxygens (including phenoxy) is 1. The molecule has 3 atom stereocenters. The minimum absolute atomic E-state index is 0.0877. The first-order valence-corrected chi connectivity index (χ1v) is 13.1. The Balaban J connectivity index is 1.63. The van der Waals surface area contributed by atoms with Crippen LogP contribution in [0.5, 0.6) is 0 Å². The highest BCUT2D eigenvalue weighted by molar-refractivity contribution is 8.00. The zero-order valence-electron chi connectivity index (χ0n) is 21.4. The molecule has 4 rings (SSSR count). The van der Waals surface area contributed by atoms with Gasteiger partial charge in [-0.15, -0.1) is 11.8 Å². The molecule has 8 nitrogen and oxygen atoms in total. The summed E-state index contributed by atoms with van der Waals surface area (Å²) in [5.41, 5.74) is -0.906. The van der Waals surface area contributed by atoms with Gasteiger partial charge in [-0.1, -0.05) is 36.4 Å². The van der Waals surface area contributed by atoms with Gasteiger partial charge in [0.25, 0.3) is 0 Å². The van der Waals surface area contributed by atoms with E-state index in [-0.39, 0.29) is 29.5 Å². The molecule has 36 heavy (non-hydrogen) atoms. The van der Waals surface area contributed by atoms with Crippen molar-refractivity contribution >= 4 is 41.1 Å². The number of nitrogens with zero attached hydrogens (tertiary/aromatic N) is 3. The van der Waals surface area contributed by atoms with Crippen molar-refractivity contribution in [2.75, 3.05) is 24.2 Å². The summed E-state index contributed by atoms with van der Waals surface area (Å²) in [6, 6.07) is 8.43. The third-order valence-electron chi connectivity index (χ3n) is 6.61. The number of carbonyl (C=O) groups is 4. The van der Waals surface area contributed by atoms with Crippen LogP contribution in [0.4, 0.5) is 5.69 Å². The molecule has 1 aliphatic carbocycles. The second kappa shape index (κ2) is 9.76. The zero-order chi connectivity index (χ0) is 26.3. The van der Waals surface area contributed by atoms with Crippen LogP contribution in [-0.4, -0.2) is 69.9 Å². The molecule has 2 heterocycles. The van der Waals surface area contributed by atoms with Crippen molar-refractivity contribution in [2.45, 2.75) is 57.6 Å². The van der Waals surface area contributed by atoms with E-state index in [9.17, 15) is 19.2 Å². The number of anilines is 1. The zero-order valence-corrected chi connectivity index (χ0v) is 22.2. The average molecular weight is 512 g/mol. The number of hydrogen-bond acceptors (Lipinski definition) is 6. The largest absolute Gasteiger partial charge is 0.459 e. The normalized spacial score (nSPS) is 25.3. The first-order chi connectivity index (χ1) is 17.0. The van der Waals surface area contributed by atoms with Gasteiger partial charge in [-0.3, -0.25) is 19.2 Å².